The summed E-state index contributed by atoms with van der Waals surface area (Å²) < 4.78 is 4.52. The highest BCUT2D eigenvalue weighted by molar-refractivity contribution is 5.69. The zero-order valence-corrected chi connectivity index (χ0v) is 9.33. The van der Waals surface area contributed by atoms with Gasteiger partial charge >= 0.3 is 11.9 Å². The van der Waals surface area contributed by atoms with E-state index in [9.17, 15) is 9.59 Å². The molecule has 0 rings (SSSR count). The summed E-state index contributed by atoms with van der Waals surface area (Å²) in [5.41, 5.74) is 0. The molecule has 0 amide bonds. The molecule has 0 fully saturated rings. The number of carboxylic acid groups (broad SMARTS) is 1. The number of methoxy groups -OCH3 is 1. The van der Waals surface area contributed by atoms with E-state index in [0.29, 0.717) is 6.42 Å². The van der Waals surface area contributed by atoms with Gasteiger partial charge in [-0.05, 0) is 12.8 Å². The number of carbonyl (C=O) groups is 2. The van der Waals surface area contributed by atoms with Crippen molar-refractivity contribution < 1.29 is 19.4 Å². The predicted octanol–water partition coefficient (Wildman–Crippen LogP) is 2.36. The van der Waals surface area contributed by atoms with Crippen molar-refractivity contribution in [3.05, 3.63) is 0 Å². The molecule has 0 spiro atoms. The van der Waals surface area contributed by atoms with E-state index in [-0.39, 0.29) is 12.4 Å². The summed E-state index contributed by atoms with van der Waals surface area (Å²) >= 11 is 0. The van der Waals surface area contributed by atoms with Crippen LogP contribution in [0.1, 0.15) is 51.4 Å². The smallest absolute Gasteiger partial charge is 0.305 e. The van der Waals surface area contributed by atoms with Crippen molar-refractivity contribution in [3.63, 3.8) is 0 Å². The molecule has 0 saturated carbocycles. The van der Waals surface area contributed by atoms with Gasteiger partial charge in [-0.1, -0.05) is 25.7 Å². The van der Waals surface area contributed by atoms with Crippen molar-refractivity contribution in [3.8, 4) is 0 Å². The van der Waals surface area contributed by atoms with Gasteiger partial charge in [0.25, 0.3) is 0 Å². The van der Waals surface area contributed by atoms with Crippen LogP contribution < -0.4 is 0 Å². The highest BCUT2D eigenvalue weighted by Gasteiger charge is 1.99. The van der Waals surface area contributed by atoms with Gasteiger partial charge in [0.2, 0.25) is 0 Å². The number of hydrogen-bond acceptors (Lipinski definition) is 3. The molecule has 0 heterocycles. The number of rotatable bonds is 9. The quantitative estimate of drug-likeness (QED) is 0.474. The lowest BCUT2D eigenvalue weighted by molar-refractivity contribution is -0.141. The van der Waals surface area contributed by atoms with Gasteiger partial charge in [0.05, 0.1) is 7.11 Å². The number of hydrogen-bond donors (Lipinski definition) is 1. The van der Waals surface area contributed by atoms with Crippen LogP contribution in [0.2, 0.25) is 0 Å². The zero-order valence-electron chi connectivity index (χ0n) is 9.33. The Morgan fingerprint density at radius 1 is 0.933 bits per heavy atom. The second kappa shape index (κ2) is 9.49. The fourth-order valence-corrected chi connectivity index (χ4v) is 1.35. The number of ether oxygens (including phenoxy) is 1. The lowest BCUT2D eigenvalue weighted by atomic mass is 10.1. The summed E-state index contributed by atoms with van der Waals surface area (Å²) in [4.78, 5) is 20.9. The Morgan fingerprint density at radius 2 is 1.40 bits per heavy atom. The lowest BCUT2D eigenvalue weighted by Gasteiger charge is -2.00. The molecular formula is C11H20O4. The van der Waals surface area contributed by atoms with E-state index >= 15 is 0 Å². The van der Waals surface area contributed by atoms with Crippen molar-refractivity contribution in [1.82, 2.24) is 0 Å². The van der Waals surface area contributed by atoms with E-state index in [0.717, 1.165) is 38.5 Å². The maximum absolute atomic E-state index is 10.7. The number of carboxylic acids is 1. The molecule has 88 valence electrons. The Bertz CT molecular complexity index is 189. The molecule has 0 saturated heterocycles. The molecule has 0 aliphatic carbocycles. The van der Waals surface area contributed by atoms with Gasteiger partial charge < -0.3 is 9.84 Å². The molecule has 1 N–H and O–H groups in total. The van der Waals surface area contributed by atoms with Crippen molar-refractivity contribution in [2.45, 2.75) is 51.4 Å². The van der Waals surface area contributed by atoms with Crippen LogP contribution in [0.5, 0.6) is 0 Å². The Hall–Kier alpha value is -1.06. The second-order valence-corrected chi connectivity index (χ2v) is 3.59. The Kier molecular flexibility index (Phi) is 8.82. The van der Waals surface area contributed by atoms with Gasteiger partial charge in [0.1, 0.15) is 0 Å². The Labute approximate surface area is 90.6 Å². The third-order valence-corrected chi connectivity index (χ3v) is 2.25. The molecule has 0 bridgehead atoms. The van der Waals surface area contributed by atoms with Gasteiger partial charge in [-0.15, -0.1) is 0 Å². The van der Waals surface area contributed by atoms with Crippen LogP contribution in [-0.4, -0.2) is 24.2 Å². The van der Waals surface area contributed by atoms with Gasteiger partial charge in [-0.3, -0.25) is 9.59 Å². The molecule has 0 aliphatic rings. The van der Waals surface area contributed by atoms with Crippen LogP contribution in [0.25, 0.3) is 0 Å². The third-order valence-electron chi connectivity index (χ3n) is 2.25. The maximum atomic E-state index is 10.7. The van der Waals surface area contributed by atoms with Crippen LogP contribution in [0.15, 0.2) is 0 Å². The molecule has 4 nitrogen and oxygen atoms in total. The van der Waals surface area contributed by atoms with Crippen molar-refractivity contribution in [2.75, 3.05) is 7.11 Å². The van der Waals surface area contributed by atoms with E-state index in [1.54, 1.807) is 0 Å². The molecule has 15 heavy (non-hydrogen) atoms. The minimum absolute atomic E-state index is 0.152. The molecule has 0 aromatic rings. The maximum Gasteiger partial charge on any atom is 0.305 e. The molecule has 4 heteroatoms. The van der Waals surface area contributed by atoms with Crippen LogP contribution in [0.3, 0.4) is 0 Å². The van der Waals surface area contributed by atoms with Crippen molar-refractivity contribution >= 4 is 11.9 Å². The van der Waals surface area contributed by atoms with Gasteiger partial charge in [0.15, 0.2) is 0 Å². The SMILES string of the molecule is COC(=O)CCCCCCCCC(=O)O. The van der Waals surface area contributed by atoms with E-state index in [1.807, 2.05) is 0 Å². The second-order valence-electron chi connectivity index (χ2n) is 3.59. The number of aliphatic carboxylic acids is 1. The number of unbranched alkanes of at least 4 members (excludes halogenated alkanes) is 5. The van der Waals surface area contributed by atoms with E-state index in [1.165, 1.54) is 7.11 Å². The first-order valence-electron chi connectivity index (χ1n) is 5.45. The first kappa shape index (κ1) is 13.9. The zero-order chi connectivity index (χ0) is 11.5. The molecular weight excluding hydrogens is 196 g/mol. The number of esters is 1. The molecule has 0 atom stereocenters. The van der Waals surface area contributed by atoms with E-state index in [4.69, 9.17) is 5.11 Å². The van der Waals surface area contributed by atoms with Crippen LogP contribution >= 0.6 is 0 Å². The molecule has 0 aromatic heterocycles. The van der Waals surface area contributed by atoms with Gasteiger partial charge in [-0.2, -0.15) is 0 Å². The predicted molar refractivity (Wildman–Crippen MR) is 56.6 cm³/mol. The minimum Gasteiger partial charge on any atom is -0.481 e. The Balaban J connectivity index is 3.05. The lowest BCUT2D eigenvalue weighted by Crippen LogP contribution is -1.99. The molecule has 0 unspecified atom stereocenters. The molecule has 0 aromatic carbocycles. The van der Waals surface area contributed by atoms with E-state index in [2.05, 4.69) is 4.74 Å². The van der Waals surface area contributed by atoms with Gasteiger partial charge in [-0.25, -0.2) is 0 Å². The normalized spacial score (nSPS) is 9.93. The van der Waals surface area contributed by atoms with E-state index < -0.39 is 5.97 Å². The standard InChI is InChI=1S/C11H20O4/c1-15-11(14)9-7-5-3-2-4-6-8-10(12)13/h2-9H2,1H3,(H,12,13). The molecule has 0 aliphatic heterocycles. The topological polar surface area (TPSA) is 63.6 Å². The first-order valence-corrected chi connectivity index (χ1v) is 5.45. The highest BCUT2D eigenvalue weighted by atomic mass is 16.5. The third kappa shape index (κ3) is 10.9. The molecule has 0 radical (unpaired) electrons. The van der Waals surface area contributed by atoms with Crippen molar-refractivity contribution in [2.24, 2.45) is 0 Å². The fourth-order valence-electron chi connectivity index (χ4n) is 1.35. The monoisotopic (exact) mass is 216 g/mol. The van der Waals surface area contributed by atoms with Gasteiger partial charge in [0, 0.05) is 12.8 Å². The highest BCUT2D eigenvalue weighted by Crippen LogP contribution is 2.08. The summed E-state index contributed by atoms with van der Waals surface area (Å²) in [6, 6.07) is 0. The van der Waals surface area contributed by atoms with Crippen LogP contribution in [-0.2, 0) is 14.3 Å². The van der Waals surface area contributed by atoms with Crippen LogP contribution in [0, 0.1) is 0 Å². The first-order chi connectivity index (χ1) is 7.16. The average molecular weight is 216 g/mol. The summed E-state index contributed by atoms with van der Waals surface area (Å²) in [5.74, 6) is -0.874. The fraction of sp³-hybridized carbons (Fsp3) is 0.818. The Morgan fingerprint density at radius 3 is 1.87 bits per heavy atom. The average Bonchev–Trinajstić information content (AvgIpc) is 2.21. The van der Waals surface area contributed by atoms with Crippen LogP contribution in [0.4, 0.5) is 0 Å². The summed E-state index contributed by atoms with van der Waals surface area (Å²) in [6.07, 6.45) is 6.48. The number of carbonyl (C=O) groups excluding carboxylic acids is 1. The summed E-state index contributed by atoms with van der Waals surface area (Å²) in [5, 5.41) is 8.39. The summed E-state index contributed by atoms with van der Waals surface area (Å²) in [6.45, 7) is 0. The summed E-state index contributed by atoms with van der Waals surface area (Å²) in [7, 11) is 1.40. The van der Waals surface area contributed by atoms with Crippen molar-refractivity contribution in [1.29, 1.82) is 0 Å². The largest absolute Gasteiger partial charge is 0.481 e. The minimum atomic E-state index is -0.722.